The second kappa shape index (κ2) is 7.65. The lowest BCUT2D eigenvalue weighted by Gasteiger charge is -2.28. The molecule has 0 fully saturated rings. The van der Waals surface area contributed by atoms with Crippen LogP contribution in [0.5, 0.6) is 0 Å². The molecule has 0 aliphatic heterocycles. The number of hydrogen-bond donors (Lipinski definition) is 0. The van der Waals surface area contributed by atoms with Crippen molar-refractivity contribution in [1.29, 1.82) is 0 Å². The van der Waals surface area contributed by atoms with E-state index in [0.29, 0.717) is 12.5 Å². The van der Waals surface area contributed by atoms with Gasteiger partial charge in [-0.25, -0.2) is 0 Å². The number of methoxy groups -OCH3 is 1. The Morgan fingerprint density at radius 1 is 1.42 bits per heavy atom. The van der Waals surface area contributed by atoms with E-state index in [4.69, 9.17) is 4.74 Å². The van der Waals surface area contributed by atoms with Gasteiger partial charge in [-0.05, 0) is 31.0 Å². The van der Waals surface area contributed by atoms with E-state index in [9.17, 15) is 4.79 Å². The molecule has 0 aromatic heterocycles. The number of hydrogen-bond acceptors (Lipinski definition) is 3. The minimum atomic E-state index is 0.0856. The van der Waals surface area contributed by atoms with E-state index in [0.717, 1.165) is 28.8 Å². The Balaban J connectivity index is 3.09. The minimum absolute atomic E-state index is 0.0856. The van der Waals surface area contributed by atoms with Gasteiger partial charge in [-0.3, -0.25) is 4.79 Å². The fraction of sp³-hybridized carbons (Fsp3) is 0.533. The number of anilines is 1. The first kappa shape index (κ1) is 16.2. The molecule has 0 amide bonds. The molecule has 0 atom stereocenters. The molecule has 0 aliphatic carbocycles. The predicted octanol–water partition coefficient (Wildman–Crippen LogP) is 3.76. The largest absolute Gasteiger partial charge is 0.383 e. The lowest BCUT2D eigenvalue weighted by atomic mass is 10.1. The van der Waals surface area contributed by atoms with E-state index in [1.807, 2.05) is 18.2 Å². The van der Waals surface area contributed by atoms with E-state index >= 15 is 0 Å². The summed E-state index contributed by atoms with van der Waals surface area (Å²) in [7, 11) is 1.70. The summed E-state index contributed by atoms with van der Waals surface area (Å²) < 4.78 is 6.09. The number of benzene rings is 1. The van der Waals surface area contributed by atoms with E-state index < -0.39 is 0 Å². The molecule has 19 heavy (non-hydrogen) atoms. The van der Waals surface area contributed by atoms with Gasteiger partial charge in [0.05, 0.1) is 6.61 Å². The Morgan fingerprint density at radius 3 is 2.63 bits per heavy atom. The molecular formula is C15H22BrNO2. The molecule has 1 aromatic rings. The van der Waals surface area contributed by atoms with Crippen molar-refractivity contribution in [2.24, 2.45) is 5.92 Å². The van der Waals surface area contributed by atoms with Crippen molar-refractivity contribution >= 4 is 27.4 Å². The van der Waals surface area contributed by atoms with Crippen LogP contribution < -0.4 is 4.90 Å². The number of ketones is 1. The van der Waals surface area contributed by atoms with Crippen molar-refractivity contribution in [3.63, 3.8) is 0 Å². The molecule has 1 aromatic carbocycles. The Morgan fingerprint density at radius 2 is 2.11 bits per heavy atom. The molecular weight excluding hydrogens is 306 g/mol. The van der Waals surface area contributed by atoms with Crippen molar-refractivity contribution < 1.29 is 9.53 Å². The van der Waals surface area contributed by atoms with Crippen LogP contribution in [0.15, 0.2) is 22.7 Å². The monoisotopic (exact) mass is 327 g/mol. The molecule has 0 saturated heterocycles. The van der Waals surface area contributed by atoms with E-state index in [-0.39, 0.29) is 5.78 Å². The normalized spacial score (nSPS) is 10.8. The summed E-state index contributed by atoms with van der Waals surface area (Å²) in [5.74, 6) is 0.614. The van der Waals surface area contributed by atoms with Crippen molar-refractivity contribution in [3.8, 4) is 0 Å². The first-order valence-corrected chi connectivity index (χ1v) is 7.29. The topological polar surface area (TPSA) is 29.5 Å². The zero-order valence-corrected chi connectivity index (χ0v) is 13.7. The van der Waals surface area contributed by atoms with Crippen LogP contribution in [0, 0.1) is 5.92 Å². The standard InChI is InChI=1S/C15H22BrNO2/c1-11(2)10-17(7-8-19-4)15-6-5-13(16)9-14(15)12(3)18/h5-6,9,11H,7-8,10H2,1-4H3. The highest BCUT2D eigenvalue weighted by Gasteiger charge is 2.15. The summed E-state index contributed by atoms with van der Waals surface area (Å²) in [5.41, 5.74) is 1.74. The molecule has 0 spiro atoms. The Hall–Kier alpha value is -0.870. The summed E-state index contributed by atoms with van der Waals surface area (Å²) in [5, 5.41) is 0. The van der Waals surface area contributed by atoms with Crippen molar-refractivity contribution in [1.82, 2.24) is 0 Å². The van der Waals surface area contributed by atoms with E-state index in [1.54, 1.807) is 14.0 Å². The van der Waals surface area contributed by atoms with Crippen LogP contribution in [-0.2, 0) is 4.74 Å². The third-order valence-corrected chi connectivity index (χ3v) is 3.32. The fourth-order valence-corrected chi connectivity index (χ4v) is 2.38. The Labute approximate surface area is 124 Å². The molecule has 0 radical (unpaired) electrons. The van der Waals surface area contributed by atoms with Gasteiger partial charge in [-0.2, -0.15) is 0 Å². The number of rotatable bonds is 7. The van der Waals surface area contributed by atoms with Crippen molar-refractivity contribution in [2.45, 2.75) is 20.8 Å². The Bertz CT molecular complexity index is 432. The maximum atomic E-state index is 11.8. The van der Waals surface area contributed by atoms with Crippen LogP contribution in [0.2, 0.25) is 0 Å². The quantitative estimate of drug-likeness (QED) is 0.714. The van der Waals surface area contributed by atoms with Crippen molar-refractivity contribution in [2.75, 3.05) is 31.7 Å². The minimum Gasteiger partial charge on any atom is -0.383 e. The summed E-state index contributed by atoms with van der Waals surface area (Å²) >= 11 is 3.42. The maximum absolute atomic E-state index is 11.8. The second-order valence-electron chi connectivity index (χ2n) is 5.05. The smallest absolute Gasteiger partial charge is 0.161 e. The highest BCUT2D eigenvalue weighted by atomic mass is 79.9. The molecule has 0 heterocycles. The molecule has 0 bridgehead atoms. The van der Waals surface area contributed by atoms with Crippen LogP contribution in [-0.4, -0.2) is 32.6 Å². The van der Waals surface area contributed by atoms with Crippen LogP contribution >= 0.6 is 15.9 Å². The van der Waals surface area contributed by atoms with Gasteiger partial charge in [0.25, 0.3) is 0 Å². The zero-order valence-electron chi connectivity index (χ0n) is 12.1. The van der Waals surface area contributed by atoms with Gasteiger partial charge in [0.1, 0.15) is 0 Å². The molecule has 106 valence electrons. The van der Waals surface area contributed by atoms with Crippen LogP contribution in [0.4, 0.5) is 5.69 Å². The maximum Gasteiger partial charge on any atom is 0.161 e. The number of carbonyl (C=O) groups excluding carboxylic acids is 1. The molecule has 0 N–H and O–H groups in total. The number of ether oxygens (including phenoxy) is 1. The van der Waals surface area contributed by atoms with Gasteiger partial charge >= 0.3 is 0 Å². The summed E-state index contributed by atoms with van der Waals surface area (Å²) in [6.07, 6.45) is 0. The fourth-order valence-electron chi connectivity index (χ4n) is 2.02. The molecule has 4 heteroatoms. The summed E-state index contributed by atoms with van der Waals surface area (Å²) in [6.45, 7) is 8.30. The highest BCUT2D eigenvalue weighted by molar-refractivity contribution is 9.10. The Kier molecular flexibility index (Phi) is 6.52. The van der Waals surface area contributed by atoms with Gasteiger partial charge in [-0.15, -0.1) is 0 Å². The molecule has 3 nitrogen and oxygen atoms in total. The molecule has 0 aliphatic rings. The van der Waals surface area contributed by atoms with E-state index in [1.165, 1.54) is 0 Å². The first-order valence-electron chi connectivity index (χ1n) is 6.50. The van der Waals surface area contributed by atoms with E-state index in [2.05, 4.69) is 34.7 Å². The number of halogens is 1. The zero-order chi connectivity index (χ0) is 14.4. The van der Waals surface area contributed by atoms with Crippen LogP contribution in [0.1, 0.15) is 31.1 Å². The molecule has 0 saturated carbocycles. The lowest BCUT2D eigenvalue weighted by molar-refractivity contribution is 0.101. The average molecular weight is 328 g/mol. The van der Waals surface area contributed by atoms with Gasteiger partial charge in [0.15, 0.2) is 5.78 Å². The van der Waals surface area contributed by atoms with Gasteiger partial charge < -0.3 is 9.64 Å². The lowest BCUT2D eigenvalue weighted by Crippen LogP contribution is -2.32. The van der Waals surface area contributed by atoms with Gasteiger partial charge in [0, 0.05) is 35.9 Å². The van der Waals surface area contributed by atoms with Crippen LogP contribution in [0.3, 0.4) is 0 Å². The number of Topliss-reactive ketones (excluding diaryl/α,β-unsaturated/α-hetero) is 1. The first-order chi connectivity index (χ1) is 8.95. The average Bonchev–Trinajstić information content (AvgIpc) is 2.34. The van der Waals surface area contributed by atoms with Crippen molar-refractivity contribution in [3.05, 3.63) is 28.2 Å². The summed E-state index contributed by atoms with van der Waals surface area (Å²) in [4.78, 5) is 14.0. The van der Waals surface area contributed by atoms with Crippen LogP contribution in [0.25, 0.3) is 0 Å². The highest BCUT2D eigenvalue weighted by Crippen LogP contribution is 2.26. The molecule has 1 rings (SSSR count). The molecule has 0 unspecified atom stereocenters. The third-order valence-electron chi connectivity index (χ3n) is 2.83. The number of nitrogens with zero attached hydrogens (tertiary/aromatic N) is 1. The second-order valence-corrected chi connectivity index (χ2v) is 5.97. The number of carbonyl (C=O) groups is 1. The van der Waals surface area contributed by atoms with Gasteiger partial charge in [0.2, 0.25) is 0 Å². The predicted molar refractivity (Wildman–Crippen MR) is 83.1 cm³/mol. The summed E-state index contributed by atoms with van der Waals surface area (Å²) in [6, 6.07) is 5.86. The third kappa shape index (κ3) is 4.96. The SMILES string of the molecule is COCCN(CC(C)C)c1ccc(Br)cc1C(C)=O. The van der Waals surface area contributed by atoms with Gasteiger partial charge in [-0.1, -0.05) is 29.8 Å².